The van der Waals surface area contributed by atoms with Gasteiger partial charge in [0.05, 0.1) is 10.6 Å². The Labute approximate surface area is 106 Å². The highest BCUT2D eigenvalue weighted by molar-refractivity contribution is 6.33. The molecule has 0 aromatic carbocycles. The third-order valence-electron chi connectivity index (χ3n) is 3.15. The van der Waals surface area contributed by atoms with Gasteiger partial charge in [-0.25, -0.2) is 4.98 Å². The minimum absolute atomic E-state index is 0.401. The molecule has 4 nitrogen and oxygen atoms in total. The average molecular weight is 256 g/mol. The van der Waals surface area contributed by atoms with Crippen LogP contribution in [0.1, 0.15) is 25.3 Å². The second-order valence-corrected chi connectivity index (χ2v) is 5.21. The predicted molar refractivity (Wildman–Crippen MR) is 69.2 cm³/mol. The van der Waals surface area contributed by atoms with Crippen LogP contribution < -0.4 is 10.6 Å². The van der Waals surface area contributed by atoms with Crippen molar-refractivity contribution in [3.8, 4) is 0 Å². The SMILES string of the molecule is CC1(O)CCCN(c2nccc(CN)c2Cl)C1. The Kier molecular flexibility index (Phi) is 3.56. The Bertz CT molecular complexity index is 409. The van der Waals surface area contributed by atoms with Crippen LogP contribution in [0.2, 0.25) is 5.02 Å². The van der Waals surface area contributed by atoms with Crippen LogP contribution in [-0.4, -0.2) is 28.8 Å². The molecule has 1 aliphatic heterocycles. The van der Waals surface area contributed by atoms with E-state index < -0.39 is 5.60 Å². The zero-order valence-corrected chi connectivity index (χ0v) is 10.7. The fraction of sp³-hybridized carbons (Fsp3) is 0.583. The number of hydrogen-bond acceptors (Lipinski definition) is 4. The van der Waals surface area contributed by atoms with Crippen molar-refractivity contribution in [2.45, 2.75) is 31.9 Å². The summed E-state index contributed by atoms with van der Waals surface area (Å²) in [5.41, 5.74) is 5.85. The van der Waals surface area contributed by atoms with E-state index in [-0.39, 0.29) is 0 Å². The molecular weight excluding hydrogens is 238 g/mol. The summed E-state index contributed by atoms with van der Waals surface area (Å²) in [6.07, 6.45) is 3.47. The van der Waals surface area contributed by atoms with Crippen LogP contribution in [0, 0.1) is 0 Å². The van der Waals surface area contributed by atoms with Gasteiger partial charge in [-0.15, -0.1) is 0 Å². The molecule has 1 fully saturated rings. The number of β-amino-alcohol motifs (C(OH)–C–C–N with tert-alkyl or cyclic N) is 1. The summed E-state index contributed by atoms with van der Waals surface area (Å²) in [6, 6.07) is 1.83. The maximum Gasteiger partial charge on any atom is 0.147 e. The van der Waals surface area contributed by atoms with E-state index in [0.717, 1.165) is 30.8 Å². The van der Waals surface area contributed by atoms with Crippen molar-refractivity contribution in [3.05, 3.63) is 22.8 Å². The van der Waals surface area contributed by atoms with E-state index in [4.69, 9.17) is 17.3 Å². The van der Waals surface area contributed by atoms with Crippen LogP contribution in [0.5, 0.6) is 0 Å². The zero-order chi connectivity index (χ0) is 12.5. The standard InChI is InChI=1S/C12H18ClN3O/c1-12(17)4-2-6-16(8-12)11-10(13)9(7-14)3-5-15-11/h3,5,17H,2,4,6-8,14H2,1H3. The summed E-state index contributed by atoms with van der Waals surface area (Å²) in [5, 5.41) is 10.7. The first-order chi connectivity index (χ1) is 8.03. The van der Waals surface area contributed by atoms with E-state index in [0.29, 0.717) is 18.1 Å². The Hall–Kier alpha value is -0.840. The van der Waals surface area contributed by atoms with Gasteiger partial charge in [-0.05, 0) is 31.4 Å². The maximum absolute atomic E-state index is 10.1. The molecule has 2 heterocycles. The van der Waals surface area contributed by atoms with Gasteiger partial charge in [-0.1, -0.05) is 11.6 Å². The molecule has 2 rings (SSSR count). The van der Waals surface area contributed by atoms with Crippen LogP contribution in [0.25, 0.3) is 0 Å². The number of pyridine rings is 1. The van der Waals surface area contributed by atoms with Crippen molar-refractivity contribution < 1.29 is 5.11 Å². The van der Waals surface area contributed by atoms with E-state index in [9.17, 15) is 5.11 Å². The molecule has 0 saturated carbocycles. The van der Waals surface area contributed by atoms with E-state index >= 15 is 0 Å². The highest BCUT2D eigenvalue weighted by atomic mass is 35.5. The molecule has 5 heteroatoms. The normalized spacial score (nSPS) is 25.1. The molecule has 0 amide bonds. The quantitative estimate of drug-likeness (QED) is 0.842. The van der Waals surface area contributed by atoms with E-state index in [1.54, 1.807) is 6.20 Å². The van der Waals surface area contributed by atoms with Crippen LogP contribution in [-0.2, 0) is 6.54 Å². The second-order valence-electron chi connectivity index (χ2n) is 4.83. The maximum atomic E-state index is 10.1. The molecule has 0 bridgehead atoms. The average Bonchev–Trinajstić information content (AvgIpc) is 2.28. The minimum atomic E-state index is -0.665. The molecule has 17 heavy (non-hydrogen) atoms. The number of hydrogen-bond donors (Lipinski definition) is 2. The first-order valence-electron chi connectivity index (χ1n) is 5.84. The summed E-state index contributed by atoms with van der Waals surface area (Å²) < 4.78 is 0. The third kappa shape index (κ3) is 2.70. The van der Waals surface area contributed by atoms with Gasteiger partial charge in [0.1, 0.15) is 5.82 Å². The topological polar surface area (TPSA) is 62.4 Å². The Balaban J connectivity index is 2.28. The molecule has 1 aromatic heterocycles. The van der Waals surface area contributed by atoms with Gasteiger partial charge in [0.2, 0.25) is 0 Å². The zero-order valence-electron chi connectivity index (χ0n) is 9.99. The molecule has 1 aromatic rings. The van der Waals surface area contributed by atoms with Crippen molar-refractivity contribution in [1.29, 1.82) is 0 Å². The summed E-state index contributed by atoms with van der Waals surface area (Å²) in [4.78, 5) is 6.34. The van der Waals surface area contributed by atoms with Gasteiger partial charge in [-0.2, -0.15) is 0 Å². The summed E-state index contributed by atoms with van der Waals surface area (Å²) in [7, 11) is 0. The Morgan fingerprint density at radius 3 is 3.06 bits per heavy atom. The molecular formula is C12H18ClN3O. The van der Waals surface area contributed by atoms with Crippen molar-refractivity contribution in [2.24, 2.45) is 5.73 Å². The van der Waals surface area contributed by atoms with Crippen LogP contribution in [0.15, 0.2) is 12.3 Å². The van der Waals surface area contributed by atoms with Crippen LogP contribution in [0.3, 0.4) is 0 Å². The fourth-order valence-corrected chi connectivity index (χ4v) is 2.56. The number of halogens is 1. The summed E-state index contributed by atoms with van der Waals surface area (Å²) in [6.45, 7) is 3.68. The Morgan fingerprint density at radius 2 is 2.41 bits per heavy atom. The lowest BCUT2D eigenvalue weighted by molar-refractivity contribution is 0.0447. The molecule has 94 valence electrons. The first-order valence-corrected chi connectivity index (χ1v) is 6.22. The van der Waals surface area contributed by atoms with Crippen molar-refractivity contribution in [3.63, 3.8) is 0 Å². The number of nitrogens with two attached hydrogens (primary N) is 1. The number of piperidine rings is 1. The predicted octanol–water partition coefficient (Wildman–Crippen LogP) is 1.54. The lowest BCUT2D eigenvalue weighted by Gasteiger charge is -2.38. The first kappa shape index (κ1) is 12.6. The molecule has 1 aliphatic rings. The van der Waals surface area contributed by atoms with Gasteiger partial charge in [0.25, 0.3) is 0 Å². The number of anilines is 1. The fourth-order valence-electron chi connectivity index (χ4n) is 2.25. The number of aliphatic hydroxyl groups is 1. The van der Waals surface area contributed by atoms with E-state index in [1.165, 1.54) is 0 Å². The molecule has 3 N–H and O–H groups in total. The molecule has 1 unspecified atom stereocenters. The molecule has 1 atom stereocenters. The second kappa shape index (κ2) is 4.80. The molecule has 0 spiro atoms. The van der Waals surface area contributed by atoms with Crippen LogP contribution >= 0.6 is 11.6 Å². The number of nitrogens with zero attached hydrogens (tertiary/aromatic N) is 2. The van der Waals surface area contributed by atoms with E-state index in [1.807, 2.05) is 17.9 Å². The van der Waals surface area contributed by atoms with Crippen molar-refractivity contribution in [2.75, 3.05) is 18.0 Å². The monoisotopic (exact) mass is 255 g/mol. The smallest absolute Gasteiger partial charge is 0.147 e. The third-order valence-corrected chi connectivity index (χ3v) is 3.56. The van der Waals surface area contributed by atoms with Gasteiger partial charge >= 0.3 is 0 Å². The molecule has 0 aliphatic carbocycles. The minimum Gasteiger partial charge on any atom is -0.388 e. The largest absolute Gasteiger partial charge is 0.388 e. The van der Waals surface area contributed by atoms with Gasteiger partial charge < -0.3 is 15.7 Å². The van der Waals surface area contributed by atoms with Gasteiger partial charge in [0, 0.05) is 25.8 Å². The van der Waals surface area contributed by atoms with Crippen molar-refractivity contribution >= 4 is 17.4 Å². The van der Waals surface area contributed by atoms with Gasteiger partial charge in [-0.3, -0.25) is 0 Å². The Morgan fingerprint density at radius 1 is 1.65 bits per heavy atom. The highest BCUT2D eigenvalue weighted by Gasteiger charge is 2.30. The summed E-state index contributed by atoms with van der Waals surface area (Å²) in [5.74, 6) is 0.731. The lowest BCUT2D eigenvalue weighted by atomic mass is 9.95. The van der Waals surface area contributed by atoms with Crippen LogP contribution in [0.4, 0.5) is 5.82 Å². The molecule has 1 saturated heterocycles. The van der Waals surface area contributed by atoms with Crippen molar-refractivity contribution in [1.82, 2.24) is 4.98 Å². The van der Waals surface area contributed by atoms with E-state index in [2.05, 4.69) is 4.98 Å². The number of aromatic nitrogens is 1. The number of rotatable bonds is 2. The summed E-state index contributed by atoms with van der Waals surface area (Å²) >= 11 is 6.27. The molecule has 0 radical (unpaired) electrons. The lowest BCUT2D eigenvalue weighted by Crippen LogP contribution is -2.46. The highest BCUT2D eigenvalue weighted by Crippen LogP contribution is 2.31. The van der Waals surface area contributed by atoms with Gasteiger partial charge in [0.15, 0.2) is 0 Å².